The van der Waals surface area contributed by atoms with Crippen LogP contribution >= 0.6 is 0 Å². The fourth-order valence-corrected chi connectivity index (χ4v) is 2.59. The minimum atomic E-state index is -0.00653. The van der Waals surface area contributed by atoms with Gasteiger partial charge >= 0.3 is 6.03 Å². The third-order valence-electron chi connectivity index (χ3n) is 3.96. The molecular formula is C14H25N3O2. The number of nitrogens with one attached hydrogen (secondary N) is 1. The first-order valence-corrected chi connectivity index (χ1v) is 7.42. The fourth-order valence-electron chi connectivity index (χ4n) is 2.59. The van der Waals surface area contributed by atoms with E-state index >= 15 is 0 Å². The van der Waals surface area contributed by atoms with Gasteiger partial charge in [-0.1, -0.05) is 6.42 Å². The number of hydrogen-bond acceptors (Lipinski definition) is 2. The zero-order valence-electron chi connectivity index (χ0n) is 12.0. The van der Waals surface area contributed by atoms with Crippen molar-refractivity contribution < 1.29 is 9.59 Å². The van der Waals surface area contributed by atoms with E-state index in [9.17, 15) is 9.59 Å². The van der Waals surface area contributed by atoms with Crippen LogP contribution in [0.1, 0.15) is 39.5 Å². The van der Waals surface area contributed by atoms with E-state index in [1.54, 1.807) is 0 Å². The average molecular weight is 267 g/mol. The Hall–Kier alpha value is -1.26. The number of hydrogen-bond donors (Lipinski definition) is 1. The van der Waals surface area contributed by atoms with Crippen molar-refractivity contribution in [3.05, 3.63) is 0 Å². The summed E-state index contributed by atoms with van der Waals surface area (Å²) in [6, 6.07) is 0.149. The minimum Gasteiger partial charge on any atom is -0.341 e. The van der Waals surface area contributed by atoms with Crippen molar-refractivity contribution in [2.24, 2.45) is 5.92 Å². The summed E-state index contributed by atoms with van der Waals surface area (Å²) in [5.41, 5.74) is 0. The molecule has 0 aromatic carbocycles. The van der Waals surface area contributed by atoms with Crippen LogP contribution in [0.3, 0.4) is 0 Å². The van der Waals surface area contributed by atoms with Crippen LogP contribution < -0.4 is 5.32 Å². The second-order valence-electron chi connectivity index (χ2n) is 5.90. The van der Waals surface area contributed by atoms with Gasteiger partial charge in [0.1, 0.15) is 0 Å². The van der Waals surface area contributed by atoms with Gasteiger partial charge in [-0.3, -0.25) is 4.79 Å². The molecule has 5 nitrogen and oxygen atoms in total. The Bertz CT molecular complexity index is 340. The van der Waals surface area contributed by atoms with Gasteiger partial charge in [-0.15, -0.1) is 0 Å². The molecule has 19 heavy (non-hydrogen) atoms. The van der Waals surface area contributed by atoms with Crippen LogP contribution in [-0.2, 0) is 4.79 Å². The second kappa shape index (κ2) is 6.26. The lowest BCUT2D eigenvalue weighted by Gasteiger charge is -2.31. The Morgan fingerprint density at radius 3 is 2.21 bits per heavy atom. The van der Waals surface area contributed by atoms with E-state index in [2.05, 4.69) is 5.32 Å². The molecule has 0 spiro atoms. The maximum absolute atomic E-state index is 12.2. The van der Waals surface area contributed by atoms with E-state index < -0.39 is 0 Å². The third kappa shape index (κ3) is 3.61. The number of carbonyl (C=O) groups excluding carboxylic acids is 2. The highest BCUT2D eigenvalue weighted by atomic mass is 16.2. The van der Waals surface area contributed by atoms with Gasteiger partial charge in [-0.2, -0.15) is 0 Å². The Kier molecular flexibility index (Phi) is 4.66. The van der Waals surface area contributed by atoms with Crippen LogP contribution in [0.15, 0.2) is 0 Å². The first-order chi connectivity index (χ1) is 9.08. The lowest BCUT2D eigenvalue weighted by molar-refractivity contribution is -0.138. The van der Waals surface area contributed by atoms with Gasteiger partial charge in [-0.25, -0.2) is 4.79 Å². The molecule has 1 aliphatic heterocycles. The topological polar surface area (TPSA) is 52.7 Å². The van der Waals surface area contributed by atoms with E-state index in [1.807, 2.05) is 23.6 Å². The van der Waals surface area contributed by atoms with Crippen LogP contribution in [0.25, 0.3) is 0 Å². The van der Waals surface area contributed by atoms with E-state index in [-0.39, 0.29) is 18.0 Å². The van der Waals surface area contributed by atoms with Crippen molar-refractivity contribution in [1.29, 1.82) is 0 Å². The molecule has 108 valence electrons. The van der Waals surface area contributed by atoms with Gasteiger partial charge in [-0.05, 0) is 33.1 Å². The highest BCUT2D eigenvalue weighted by Gasteiger charge is 2.30. The van der Waals surface area contributed by atoms with Crippen LogP contribution in [0, 0.1) is 5.92 Å². The summed E-state index contributed by atoms with van der Waals surface area (Å²) < 4.78 is 0. The van der Waals surface area contributed by atoms with E-state index in [0.717, 1.165) is 32.4 Å². The quantitative estimate of drug-likeness (QED) is 0.823. The Balaban J connectivity index is 1.83. The lowest BCUT2D eigenvalue weighted by atomic mass is 9.84. The molecule has 1 saturated carbocycles. The second-order valence-corrected chi connectivity index (χ2v) is 5.90. The number of urea groups is 1. The summed E-state index contributed by atoms with van der Waals surface area (Å²) in [4.78, 5) is 27.9. The van der Waals surface area contributed by atoms with Crippen molar-refractivity contribution >= 4 is 11.9 Å². The fraction of sp³-hybridized carbons (Fsp3) is 0.857. The molecule has 1 aliphatic carbocycles. The molecular weight excluding hydrogens is 242 g/mol. The Morgan fingerprint density at radius 1 is 1.00 bits per heavy atom. The summed E-state index contributed by atoms with van der Waals surface area (Å²) in [6.45, 7) is 6.79. The number of carbonyl (C=O) groups is 2. The van der Waals surface area contributed by atoms with Crippen LogP contribution in [0.4, 0.5) is 4.79 Å². The zero-order valence-corrected chi connectivity index (χ0v) is 12.0. The average Bonchev–Trinajstić information content (AvgIpc) is 2.50. The third-order valence-corrected chi connectivity index (χ3v) is 3.96. The maximum atomic E-state index is 12.2. The van der Waals surface area contributed by atoms with E-state index in [0.29, 0.717) is 19.0 Å². The molecule has 2 rings (SSSR count). The molecule has 0 aromatic rings. The Morgan fingerprint density at radius 2 is 1.63 bits per heavy atom. The Labute approximate surface area is 115 Å². The SMILES string of the molecule is CC(C)NC(=O)N1CCCN(C(=O)C2CCC2)CC1. The standard InChI is InChI=1S/C14H25N3O2/c1-11(2)15-14(19)17-8-4-7-16(9-10-17)13(18)12-5-3-6-12/h11-12H,3-10H2,1-2H3,(H,15,19). The van der Waals surface area contributed by atoms with Crippen LogP contribution in [-0.4, -0.2) is 54.0 Å². The maximum Gasteiger partial charge on any atom is 0.317 e. The molecule has 1 N–H and O–H groups in total. The zero-order chi connectivity index (χ0) is 13.8. The van der Waals surface area contributed by atoms with Gasteiger partial charge in [0.25, 0.3) is 0 Å². The van der Waals surface area contributed by atoms with E-state index in [1.165, 1.54) is 6.42 Å². The molecule has 1 saturated heterocycles. The molecule has 0 bridgehead atoms. The molecule has 0 atom stereocenters. The van der Waals surface area contributed by atoms with Gasteiger partial charge in [0.2, 0.25) is 5.91 Å². The summed E-state index contributed by atoms with van der Waals surface area (Å²) in [6.07, 6.45) is 4.16. The van der Waals surface area contributed by atoms with Crippen molar-refractivity contribution in [1.82, 2.24) is 15.1 Å². The van der Waals surface area contributed by atoms with Crippen LogP contribution in [0.5, 0.6) is 0 Å². The summed E-state index contributed by atoms with van der Waals surface area (Å²) in [7, 11) is 0. The first kappa shape index (κ1) is 14.2. The minimum absolute atomic E-state index is 0.00653. The number of rotatable bonds is 2. The lowest BCUT2D eigenvalue weighted by Crippen LogP contribution is -2.45. The summed E-state index contributed by atoms with van der Waals surface area (Å²) in [5, 5.41) is 2.91. The monoisotopic (exact) mass is 267 g/mol. The normalized spacial score (nSPS) is 21.0. The molecule has 2 aliphatic rings. The van der Waals surface area contributed by atoms with Crippen molar-refractivity contribution in [3.8, 4) is 0 Å². The molecule has 5 heteroatoms. The largest absolute Gasteiger partial charge is 0.341 e. The first-order valence-electron chi connectivity index (χ1n) is 7.42. The van der Waals surface area contributed by atoms with Gasteiger partial charge in [0.15, 0.2) is 0 Å². The number of amides is 3. The highest BCUT2D eigenvalue weighted by Crippen LogP contribution is 2.28. The molecule has 0 radical (unpaired) electrons. The molecule has 1 heterocycles. The summed E-state index contributed by atoms with van der Waals surface area (Å²) in [5.74, 6) is 0.563. The highest BCUT2D eigenvalue weighted by molar-refractivity contribution is 5.80. The van der Waals surface area contributed by atoms with Crippen molar-refractivity contribution in [2.45, 2.75) is 45.6 Å². The van der Waals surface area contributed by atoms with E-state index in [4.69, 9.17) is 0 Å². The van der Waals surface area contributed by atoms with Crippen molar-refractivity contribution in [3.63, 3.8) is 0 Å². The predicted molar refractivity (Wildman–Crippen MR) is 73.8 cm³/mol. The molecule has 0 aromatic heterocycles. The molecule has 3 amide bonds. The molecule has 2 fully saturated rings. The van der Waals surface area contributed by atoms with Gasteiger partial charge < -0.3 is 15.1 Å². The van der Waals surface area contributed by atoms with Gasteiger partial charge in [0.05, 0.1) is 0 Å². The van der Waals surface area contributed by atoms with Crippen molar-refractivity contribution in [2.75, 3.05) is 26.2 Å². The van der Waals surface area contributed by atoms with Gasteiger partial charge in [0, 0.05) is 38.1 Å². The van der Waals surface area contributed by atoms with Crippen LogP contribution in [0.2, 0.25) is 0 Å². The number of nitrogens with zero attached hydrogens (tertiary/aromatic N) is 2. The molecule has 0 unspecified atom stereocenters. The summed E-state index contributed by atoms with van der Waals surface area (Å²) >= 11 is 0. The predicted octanol–water partition coefficient (Wildman–Crippen LogP) is 1.44. The smallest absolute Gasteiger partial charge is 0.317 e.